The molecule has 19 heavy (non-hydrogen) atoms. The lowest BCUT2D eigenvalue weighted by Gasteiger charge is -2.31. The highest BCUT2D eigenvalue weighted by Crippen LogP contribution is 2.22. The maximum Gasteiger partial charge on any atom is 0.0492 e. The molecule has 0 aromatic carbocycles. The number of aromatic nitrogens is 2. The van der Waals surface area contributed by atoms with E-state index in [1.165, 1.54) is 31.4 Å². The highest BCUT2D eigenvalue weighted by atomic mass is 16.5. The van der Waals surface area contributed by atoms with Crippen LogP contribution in [0.4, 0.5) is 0 Å². The van der Waals surface area contributed by atoms with Crippen LogP contribution < -0.4 is 5.32 Å². The molecule has 0 saturated carbocycles. The van der Waals surface area contributed by atoms with Gasteiger partial charge in [0.1, 0.15) is 0 Å². The van der Waals surface area contributed by atoms with Crippen molar-refractivity contribution in [3.63, 3.8) is 0 Å². The largest absolute Gasteiger partial charge is 0.381 e. The van der Waals surface area contributed by atoms with Gasteiger partial charge < -0.3 is 10.1 Å². The van der Waals surface area contributed by atoms with Crippen molar-refractivity contribution in [1.82, 2.24) is 15.1 Å². The molecule has 1 atom stereocenters. The minimum atomic E-state index is 0.624. The SMILES string of the molecule is CCCNC(CCc1ccnn1C)C1CCOCC1. The molecule has 4 heteroatoms. The molecule has 2 rings (SSSR count). The molecule has 1 aliphatic rings. The number of hydrogen-bond donors (Lipinski definition) is 1. The van der Waals surface area contributed by atoms with E-state index in [-0.39, 0.29) is 0 Å². The summed E-state index contributed by atoms with van der Waals surface area (Å²) in [5.41, 5.74) is 1.33. The molecule has 0 aliphatic carbocycles. The fourth-order valence-corrected chi connectivity index (χ4v) is 2.90. The van der Waals surface area contributed by atoms with Crippen LogP contribution in [0.15, 0.2) is 12.3 Å². The van der Waals surface area contributed by atoms with E-state index < -0.39 is 0 Å². The van der Waals surface area contributed by atoms with E-state index in [0.29, 0.717) is 6.04 Å². The Balaban J connectivity index is 1.87. The van der Waals surface area contributed by atoms with Crippen molar-refractivity contribution in [3.8, 4) is 0 Å². The van der Waals surface area contributed by atoms with Gasteiger partial charge in [-0.3, -0.25) is 4.68 Å². The second kappa shape index (κ2) is 7.65. The Morgan fingerprint density at radius 3 is 2.89 bits per heavy atom. The van der Waals surface area contributed by atoms with E-state index in [4.69, 9.17) is 4.74 Å². The van der Waals surface area contributed by atoms with Crippen LogP contribution in [0.25, 0.3) is 0 Å². The second-order valence-electron chi connectivity index (χ2n) is 5.50. The molecular weight excluding hydrogens is 238 g/mol. The molecule has 0 amide bonds. The van der Waals surface area contributed by atoms with Crippen LogP contribution in [0.1, 0.15) is 38.3 Å². The predicted octanol–water partition coefficient (Wildman–Crippen LogP) is 2.15. The molecule has 1 unspecified atom stereocenters. The van der Waals surface area contributed by atoms with E-state index in [9.17, 15) is 0 Å². The Hall–Kier alpha value is -0.870. The summed E-state index contributed by atoms with van der Waals surface area (Å²) in [7, 11) is 2.03. The van der Waals surface area contributed by atoms with Crippen molar-refractivity contribution >= 4 is 0 Å². The van der Waals surface area contributed by atoms with Crippen molar-refractivity contribution in [3.05, 3.63) is 18.0 Å². The Labute approximate surface area is 116 Å². The Morgan fingerprint density at radius 2 is 2.26 bits per heavy atom. The van der Waals surface area contributed by atoms with Crippen LogP contribution in [0.5, 0.6) is 0 Å². The lowest BCUT2D eigenvalue weighted by molar-refractivity contribution is 0.0526. The van der Waals surface area contributed by atoms with E-state index in [0.717, 1.165) is 32.1 Å². The molecule has 2 heterocycles. The zero-order valence-corrected chi connectivity index (χ0v) is 12.3. The molecule has 1 N–H and O–H groups in total. The Kier molecular flexibility index (Phi) is 5.86. The third-order valence-corrected chi connectivity index (χ3v) is 4.13. The summed E-state index contributed by atoms with van der Waals surface area (Å²) in [6.45, 7) is 5.21. The molecule has 1 saturated heterocycles. The van der Waals surface area contributed by atoms with Crippen molar-refractivity contribution in [2.75, 3.05) is 19.8 Å². The van der Waals surface area contributed by atoms with Gasteiger partial charge in [0.15, 0.2) is 0 Å². The van der Waals surface area contributed by atoms with E-state index in [1.54, 1.807) is 0 Å². The first kappa shape index (κ1) is 14.5. The van der Waals surface area contributed by atoms with E-state index in [2.05, 4.69) is 23.4 Å². The number of ether oxygens (including phenoxy) is 1. The zero-order chi connectivity index (χ0) is 13.5. The van der Waals surface area contributed by atoms with Crippen LogP contribution in [0, 0.1) is 5.92 Å². The monoisotopic (exact) mass is 265 g/mol. The molecule has 1 aromatic rings. The van der Waals surface area contributed by atoms with Gasteiger partial charge in [-0.15, -0.1) is 0 Å². The maximum absolute atomic E-state index is 5.48. The minimum absolute atomic E-state index is 0.624. The van der Waals surface area contributed by atoms with Gasteiger partial charge >= 0.3 is 0 Å². The Morgan fingerprint density at radius 1 is 1.47 bits per heavy atom. The van der Waals surface area contributed by atoms with Crippen molar-refractivity contribution in [2.45, 2.75) is 45.1 Å². The van der Waals surface area contributed by atoms with Gasteiger partial charge in [-0.05, 0) is 50.6 Å². The average Bonchev–Trinajstić information content (AvgIpc) is 2.85. The van der Waals surface area contributed by atoms with E-state index >= 15 is 0 Å². The lowest BCUT2D eigenvalue weighted by Crippen LogP contribution is -2.39. The zero-order valence-electron chi connectivity index (χ0n) is 12.3. The third kappa shape index (κ3) is 4.32. The predicted molar refractivity (Wildman–Crippen MR) is 77.2 cm³/mol. The van der Waals surface area contributed by atoms with Gasteiger partial charge in [0.05, 0.1) is 0 Å². The average molecular weight is 265 g/mol. The van der Waals surface area contributed by atoms with Gasteiger partial charge in [0.2, 0.25) is 0 Å². The summed E-state index contributed by atoms with van der Waals surface area (Å²) in [6, 6.07) is 2.75. The van der Waals surface area contributed by atoms with Crippen LogP contribution in [0.2, 0.25) is 0 Å². The first-order valence-corrected chi connectivity index (χ1v) is 7.59. The Bertz CT molecular complexity index is 358. The fourth-order valence-electron chi connectivity index (χ4n) is 2.90. The van der Waals surface area contributed by atoms with Gasteiger partial charge in [-0.25, -0.2) is 0 Å². The standard InChI is InChI=1S/C15H27N3O/c1-3-9-16-15(13-7-11-19-12-8-13)5-4-14-6-10-17-18(14)2/h6,10,13,15-16H,3-5,7-9,11-12H2,1-2H3. The molecule has 108 valence electrons. The highest BCUT2D eigenvalue weighted by Gasteiger charge is 2.23. The lowest BCUT2D eigenvalue weighted by atomic mass is 9.88. The smallest absolute Gasteiger partial charge is 0.0492 e. The van der Waals surface area contributed by atoms with Gasteiger partial charge in [0.25, 0.3) is 0 Å². The van der Waals surface area contributed by atoms with Crippen LogP contribution in [-0.2, 0) is 18.2 Å². The summed E-state index contributed by atoms with van der Waals surface area (Å²) in [6.07, 6.45) is 7.79. The van der Waals surface area contributed by atoms with Crippen LogP contribution >= 0.6 is 0 Å². The number of aryl methyl sites for hydroxylation is 2. The summed E-state index contributed by atoms with van der Waals surface area (Å²) >= 11 is 0. The second-order valence-corrected chi connectivity index (χ2v) is 5.50. The first-order chi connectivity index (χ1) is 9.31. The quantitative estimate of drug-likeness (QED) is 0.821. The molecule has 0 radical (unpaired) electrons. The molecule has 1 fully saturated rings. The number of rotatable bonds is 7. The summed E-state index contributed by atoms with van der Waals surface area (Å²) in [4.78, 5) is 0. The van der Waals surface area contributed by atoms with Crippen molar-refractivity contribution in [1.29, 1.82) is 0 Å². The molecule has 0 spiro atoms. The van der Waals surface area contributed by atoms with E-state index in [1.807, 2.05) is 17.9 Å². The van der Waals surface area contributed by atoms with Crippen LogP contribution in [-0.4, -0.2) is 35.6 Å². The number of nitrogens with zero attached hydrogens (tertiary/aromatic N) is 2. The van der Waals surface area contributed by atoms with Gasteiger partial charge in [-0.2, -0.15) is 5.10 Å². The molecule has 4 nitrogen and oxygen atoms in total. The maximum atomic E-state index is 5.48. The van der Waals surface area contributed by atoms with Crippen molar-refractivity contribution in [2.24, 2.45) is 13.0 Å². The normalized spacial score (nSPS) is 18.6. The summed E-state index contributed by atoms with van der Waals surface area (Å²) < 4.78 is 7.47. The molecule has 1 aliphatic heterocycles. The molecular formula is C15H27N3O. The third-order valence-electron chi connectivity index (χ3n) is 4.13. The van der Waals surface area contributed by atoms with Gasteiger partial charge in [-0.1, -0.05) is 6.92 Å². The minimum Gasteiger partial charge on any atom is -0.381 e. The number of hydrogen-bond acceptors (Lipinski definition) is 3. The van der Waals surface area contributed by atoms with Crippen molar-refractivity contribution < 1.29 is 4.74 Å². The summed E-state index contributed by atoms with van der Waals surface area (Å²) in [5.74, 6) is 0.772. The molecule has 1 aromatic heterocycles. The highest BCUT2D eigenvalue weighted by molar-refractivity contribution is 5.00. The topological polar surface area (TPSA) is 39.1 Å². The van der Waals surface area contributed by atoms with Gasteiger partial charge in [0, 0.05) is 38.2 Å². The van der Waals surface area contributed by atoms with Crippen LogP contribution in [0.3, 0.4) is 0 Å². The summed E-state index contributed by atoms with van der Waals surface area (Å²) in [5, 5.41) is 7.98. The first-order valence-electron chi connectivity index (χ1n) is 7.59. The molecule has 0 bridgehead atoms. The fraction of sp³-hybridized carbons (Fsp3) is 0.800. The number of nitrogens with one attached hydrogen (secondary N) is 1.